The van der Waals surface area contributed by atoms with Gasteiger partial charge in [-0.25, -0.2) is 0 Å². The van der Waals surface area contributed by atoms with Gasteiger partial charge in [0.05, 0.1) is 29.9 Å². The lowest BCUT2D eigenvalue weighted by Gasteiger charge is -2.18. The van der Waals surface area contributed by atoms with Gasteiger partial charge in [0, 0.05) is 19.0 Å². The zero-order valence-electron chi connectivity index (χ0n) is 9.15. The van der Waals surface area contributed by atoms with E-state index in [0.29, 0.717) is 24.7 Å². The number of aromatic hydroxyl groups is 1. The molecule has 0 spiro atoms. The van der Waals surface area contributed by atoms with Crippen molar-refractivity contribution in [1.82, 2.24) is 0 Å². The quantitative estimate of drug-likeness (QED) is 0.743. The van der Waals surface area contributed by atoms with Crippen LogP contribution in [-0.4, -0.2) is 30.0 Å². The molecular weight excluding hydrogens is 246 g/mol. The predicted molar refractivity (Wildman–Crippen MR) is 62.7 cm³/mol. The summed E-state index contributed by atoms with van der Waals surface area (Å²) in [6.45, 7) is 0.925. The van der Waals surface area contributed by atoms with Crippen molar-refractivity contribution < 1.29 is 19.7 Å². The number of nitrogens with two attached hydrogens (primary N) is 1. The number of hydrogen-bond acceptors (Lipinski definition) is 5. The van der Waals surface area contributed by atoms with E-state index in [-0.39, 0.29) is 22.9 Å². The summed E-state index contributed by atoms with van der Waals surface area (Å²) in [5, 5.41) is 19.8. The van der Waals surface area contributed by atoms with Crippen LogP contribution in [0.2, 0.25) is 5.02 Å². The van der Waals surface area contributed by atoms with Crippen LogP contribution >= 0.6 is 11.6 Å². The van der Waals surface area contributed by atoms with Gasteiger partial charge in [0.25, 0.3) is 0 Å². The third-order valence-corrected chi connectivity index (χ3v) is 2.84. The normalized spacial score (nSPS) is 16.4. The Balaban J connectivity index is 2.57. The van der Waals surface area contributed by atoms with Crippen molar-refractivity contribution in [3.8, 4) is 17.2 Å². The van der Waals surface area contributed by atoms with Crippen LogP contribution < -0.4 is 15.2 Å². The third kappa shape index (κ3) is 2.26. The number of hydrogen-bond donors (Lipinski definition) is 3. The molecule has 94 valence electrons. The first-order chi connectivity index (χ1) is 8.15. The van der Waals surface area contributed by atoms with E-state index in [1.807, 2.05) is 0 Å². The van der Waals surface area contributed by atoms with Crippen molar-refractivity contribution in [2.24, 2.45) is 5.73 Å². The van der Waals surface area contributed by atoms with Crippen LogP contribution in [0.5, 0.6) is 17.2 Å². The van der Waals surface area contributed by atoms with Gasteiger partial charge in [-0.2, -0.15) is 0 Å². The van der Waals surface area contributed by atoms with E-state index in [1.165, 1.54) is 6.07 Å². The molecule has 1 aliphatic rings. The van der Waals surface area contributed by atoms with Gasteiger partial charge in [0.15, 0.2) is 11.5 Å². The van der Waals surface area contributed by atoms with Crippen molar-refractivity contribution in [3.63, 3.8) is 0 Å². The summed E-state index contributed by atoms with van der Waals surface area (Å²) in [5.41, 5.74) is 5.59. The molecule has 0 saturated carbocycles. The largest absolute Gasteiger partial charge is 0.506 e. The third-order valence-electron chi connectivity index (χ3n) is 2.56. The first kappa shape index (κ1) is 12.3. The molecule has 0 aliphatic carbocycles. The summed E-state index contributed by atoms with van der Waals surface area (Å²) in [7, 11) is 0. The Bertz CT molecular complexity index is 424. The number of rotatable bonds is 2. The maximum atomic E-state index is 9.86. The molecule has 1 aromatic carbocycles. The molecule has 0 aromatic heterocycles. The fourth-order valence-corrected chi connectivity index (χ4v) is 1.92. The van der Waals surface area contributed by atoms with Crippen molar-refractivity contribution in [3.05, 3.63) is 16.7 Å². The molecule has 0 radical (unpaired) electrons. The smallest absolute Gasteiger partial charge is 0.170 e. The summed E-state index contributed by atoms with van der Waals surface area (Å²) >= 11 is 5.87. The van der Waals surface area contributed by atoms with Gasteiger partial charge < -0.3 is 25.4 Å². The van der Waals surface area contributed by atoms with Crippen molar-refractivity contribution in [2.75, 3.05) is 19.8 Å². The van der Waals surface area contributed by atoms with Gasteiger partial charge >= 0.3 is 0 Å². The Morgan fingerprint density at radius 3 is 2.82 bits per heavy atom. The lowest BCUT2D eigenvalue weighted by Crippen LogP contribution is -2.13. The number of phenolic OH excluding ortho intramolecular Hbond substituents is 1. The molecule has 1 unspecified atom stereocenters. The highest BCUT2D eigenvalue weighted by Crippen LogP contribution is 2.45. The highest BCUT2D eigenvalue weighted by atomic mass is 35.5. The number of halogens is 1. The first-order valence-electron chi connectivity index (χ1n) is 5.34. The lowest BCUT2D eigenvalue weighted by molar-refractivity contribution is 0.175. The van der Waals surface area contributed by atoms with Gasteiger partial charge in [0.1, 0.15) is 5.75 Å². The van der Waals surface area contributed by atoms with E-state index in [4.69, 9.17) is 26.8 Å². The van der Waals surface area contributed by atoms with Crippen LogP contribution in [0.4, 0.5) is 0 Å². The molecule has 6 heteroatoms. The minimum atomic E-state index is -1.04. The molecule has 17 heavy (non-hydrogen) atoms. The van der Waals surface area contributed by atoms with Crippen molar-refractivity contribution in [2.45, 2.75) is 12.5 Å². The molecule has 1 atom stereocenters. The maximum absolute atomic E-state index is 9.86. The molecular formula is C11H14ClNO4. The molecule has 1 aromatic rings. The van der Waals surface area contributed by atoms with E-state index in [1.54, 1.807) is 0 Å². The average molecular weight is 260 g/mol. The molecule has 1 heterocycles. The molecule has 0 bridgehead atoms. The number of phenols is 1. The lowest BCUT2D eigenvalue weighted by atomic mass is 10.1. The summed E-state index contributed by atoms with van der Waals surface area (Å²) in [6.07, 6.45) is -0.310. The molecule has 1 aliphatic heterocycles. The summed E-state index contributed by atoms with van der Waals surface area (Å²) in [6, 6.07) is 1.48. The van der Waals surface area contributed by atoms with E-state index < -0.39 is 6.10 Å². The fourth-order valence-electron chi connectivity index (χ4n) is 1.72. The molecule has 0 fully saturated rings. The van der Waals surface area contributed by atoms with E-state index in [9.17, 15) is 10.2 Å². The van der Waals surface area contributed by atoms with E-state index in [0.717, 1.165) is 6.42 Å². The average Bonchev–Trinajstić information content (AvgIpc) is 2.55. The molecule has 5 nitrogen and oxygen atoms in total. The first-order valence-corrected chi connectivity index (χ1v) is 5.72. The highest BCUT2D eigenvalue weighted by molar-refractivity contribution is 6.32. The van der Waals surface area contributed by atoms with E-state index >= 15 is 0 Å². The zero-order valence-corrected chi connectivity index (χ0v) is 9.91. The van der Waals surface area contributed by atoms with E-state index in [2.05, 4.69) is 0 Å². The van der Waals surface area contributed by atoms with Crippen molar-refractivity contribution in [1.29, 1.82) is 0 Å². The minimum absolute atomic E-state index is 0.0380. The number of fused-ring (bicyclic) bond motifs is 1. The van der Waals surface area contributed by atoms with Crippen LogP contribution in [0.1, 0.15) is 18.1 Å². The number of aliphatic hydroxyl groups excluding tert-OH is 1. The minimum Gasteiger partial charge on any atom is -0.506 e. The Morgan fingerprint density at radius 1 is 1.41 bits per heavy atom. The summed E-state index contributed by atoms with van der Waals surface area (Å²) < 4.78 is 10.9. The second-order valence-electron chi connectivity index (χ2n) is 3.75. The Kier molecular flexibility index (Phi) is 3.61. The van der Waals surface area contributed by atoms with Crippen LogP contribution in [-0.2, 0) is 0 Å². The molecule has 4 N–H and O–H groups in total. The molecule has 2 rings (SSSR count). The Morgan fingerprint density at radius 2 is 2.12 bits per heavy atom. The van der Waals surface area contributed by atoms with Gasteiger partial charge in [-0.3, -0.25) is 0 Å². The highest BCUT2D eigenvalue weighted by Gasteiger charge is 2.25. The summed E-state index contributed by atoms with van der Waals surface area (Å²) in [4.78, 5) is 0. The topological polar surface area (TPSA) is 84.9 Å². The Labute approximate surface area is 104 Å². The Hall–Kier alpha value is -1.17. The second kappa shape index (κ2) is 5.00. The van der Waals surface area contributed by atoms with Crippen LogP contribution in [0.3, 0.4) is 0 Å². The van der Waals surface area contributed by atoms with Gasteiger partial charge in [-0.05, 0) is 0 Å². The maximum Gasteiger partial charge on any atom is 0.170 e. The number of aliphatic hydroxyl groups is 1. The number of benzene rings is 1. The SMILES string of the molecule is NCC(O)c1c(O)c(Cl)cc2c1OCCCO2. The second-order valence-corrected chi connectivity index (χ2v) is 4.16. The zero-order chi connectivity index (χ0) is 12.4. The van der Waals surface area contributed by atoms with Gasteiger partial charge in [0.2, 0.25) is 0 Å². The fraction of sp³-hybridized carbons (Fsp3) is 0.455. The monoisotopic (exact) mass is 259 g/mol. The van der Waals surface area contributed by atoms with Crippen molar-refractivity contribution >= 4 is 11.6 Å². The molecule has 0 amide bonds. The van der Waals surface area contributed by atoms with Crippen LogP contribution in [0.15, 0.2) is 6.07 Å². The standard InChI is InChI=1S/C11H14ClNO4/c12-6-4-8-11(17-3-1-2-16-8)9(10(6)15)7(14)5-13/h4,7,14-15H,1-3,5,13H2. The summed E-state index contributed by atoms with van der Waals surface area (Å²) in [5.74, 6) is 0.531. The number of ether oxygens (including phenoxy) is 2. The van der Waals surface area contributed by atoms with Gasteiger partial charge in [-0.15, -0.1) is 0 Å². The predicted octanol–water partition coefficient (Wildman–Crippen LogP) is 1.20. The van der Waals surface area contributed by atoms with Crippen LogP contribution in [0, 0.1) is 0 Å². The molecule has 0 saturated heterocycles. The van der Waals surface area contributed by atoms with Gasteiger partial charge in [-0.1, -0.05) is 11.6 Å². The van der Waals surface area contributed by atoms with Crippen LogP contribution in [0.25, 0.3) is 0 Å².